The zero-order valence-electron chi connectivity index (χ0n) is 25.2. The van der Waals surface area contributed by atoms with E-state index >= 15 is 0 Å². The molecule has 0 aromatic rings. The van der Waals surface area contributed by atoms with Crippen molar-refractivity contribution in [3.8, 4) is 0 Å². The van der Waals surface area contributed by atoms with Crippen molar-refractivity contribution in [2.45, 2.75) is 139 Å². The average molecular weight is 487 g/mol. The second-order valence-electron chi connectivity index (χ2n) is 15.5. The Bertz CT molecular complexity index is 838. The zero-order valence-corrected chi connectivity index (χ0v) is 25.2. The molecule has 0 aromatic carbocycles. The number of allylic oxidation sites excluding steroid dienone is 2. The molecular weight excluding hydrogens is 428 g/mol. The van der Waals surface area contributed by atoms with Gasteiger partial charge in [-0.15, -0.1) is 0 Å². The molecular formula is C33H58O2. The van der Waals surface area contributed by atoms with Crippen LogP contribution in [0, 0.1) is 51.2 Å². The molecule has 35 heavy (non-hydrogen) atoms. The molecule has 4 aliphatic carbocycles. The molecule has 0 aliphatic heterocycles. The summed E-state index contributed by atoms with van der Waals surface area (Å²) in [6.45, 7) is 24.6. The number of ether oxygens (including phenoxy) is 1. The van der Waals surface area contributed by atoms with E-state index in [1.165, 1.54) is 51.4 Å². The minimum Gasteiger partial charge on any atom is -0.393 e. The highest BCUT2D eigenvalue weighted by molar-refractivity contribution is 5.38. The van der Waals surface area contributed by atoms with Crippen molar-refractivity contribution >= 4 is 0 Å². The Labute approximate surface area is 218 Å². The van der Waals surface area contributed by atoms with Gasteiger partial charge in [0.1, 0.15) is 0 Å². The standard InChI is InChI=1S/C33H58O2/c1-21(20-22(2)30(6,7)35-11)23(3)24-14-18-33(10)26-12-13-27-29(4,5)28(34)16-17-31(27,8)25(26)15-19-32(24,33)9/h21-24,27-28,34H,12-20H2,1-11H3/t21?,22?,23-,24?,27?,28+,31-,32-,33+/m1/s1. The highest BCUT2D eigenvalue weighted by Crippen LogP contribution is 2.72. The summed E-state index contributed by atoms with van der Waals surface area (Å²) in [6.07, 6.45) is 11.2. The van der Waals surface area contributed by atoms with E-state index in [1.54, 1.807) is 0 Å². The lowest BCUT2D eigenvalue weighted by Gasteiger charge is -2.62. The van der Waals surface area contributed by atoms with E-state index < -0.39 is 0 Å². The molecule has 2 fully saturated rings. The van der Waals surface area contributed by atoms with Gasteiger partial charge in [-0.25, -0.2) is 0 Å². The molecule has 4 rings (SSSR count). The van der Waals surface area contributed by atoms with Gasteiger partial charge in [-0.1, -0.05) is 66.5 Å². The van der Waals surface area contributed by atoms with Gasteiger partial charge in [0.15, 0.2) is 0 Å². The van der Waals surface area contributed by atoms with E-state index in [4.69, 9.17) is 4.74 Å². The molecule has 9 atom stereocenters. The van der Waals surface area contributed by atoms with Crippen molar-refractivity contribution in [3.05, 3.63) is 11.1 Å². The van der Waals surface area contributed by atoms with Crippen LogP contribution >= 0.6 is 0 Å². The minimum absolute atomic E-state index is 0.0298. The number of methoxy groups -OCH3 is 1. The van der Waals surface area contributed by atoms with Crippen LogP contribution in [0.4, 0.5) is 0 Å². The maximum atomic E-state index is 10.9. The number of rotatable bonds is 6. The third kappa shape index (κ3) is 3.93. The quantitative estimate of drug-likeness (QED) is 0.380. The predicted octanol–water partition coefficient (Wildman–Crippen LogP) is 8.82. The SMILES string of the molecule is COC(C)(C)C(C)CC(C)[C@@H](C)C1CC[C@@]2(C)C3=C(CC[C@]12C)[C@@]1(C)CC[C@H](O)C(C)(C)C1CC3. The Balaban J connectivity index is 1.61. The van der Waals surface area contributed by atoms with Gasteiger partial charge < -0.3 is 9.84 Å². The van der Waals surface area contributed by atoms with Gasteiger partial charge in [-0.05, 0) is 123 Å². The molecule has 0 radical (unpaired) electrons. The largest absolute Gasteiger partial charge is 0.393 e. The first-order valence-electron chi connectivity index (χ1n) is 15.0. The van der Waals surface area contributed by atoms with Gasteiger partial charge in [0.25, 0.3) is 0 Å². The van der Waals surface area contributed by atoms with Gasteiger partial charge in [-0.2, -0.15) is 0 Å². The third-order valence-electron chi connectivity index (χ3n) is 13.8. The van der Waals surface area contributed by atoms with Gasteiger partial charge in [0.2, 0.25) is 0 Å². The van der Waals surface area contributed by atoms with Gasteiger partial charge >= 0.3 is 0 Å². The summed E-state index contributed by atoms with van der Waals surface area (Å²) in [5, 5.41) is 10.9. The van der Waals surface area contributed by atoms with E-state index in [1.807, 2.05) is 18.3 Å². The summed E-state index contributed by atoms with van der Waals surface area (Å²) < 4.78 is 5.84. The first-order chi connectivity index (χ1) is 16.1. The summed E-state index contributed by atoms with van der Waals surface area (Å²) >= 11 is 0. The Kier molecular flexibility index (Phi) is 7.01. The smallest absolute Gasteiger partial charge is 0.0648 e. The van der Waals surface area contributed by atoms with Crippen LogP contribution < -0.4 is 0 Å². The van der Waals surface area contributed by atoms with Crippen LogP contribution in [-0.2, 0) is 4.74 Å². The molecule has 2 saturated carbocycles. The maximum Gasteiger partial charge on any atom is 0.0648 e. The van der Waals surface area contributed by atoms with Crippen LogP contribution in [-0.4, -0.2) is 23.9 Å². The summed E-state index contributed by atoms with van der Waals surface area (Å²) in [5.41, 5.74) is 4.74. The first kappa shape index (κ1) is 27.7. The Morgan fingerprint density at radius 3 is 2.20 bits per heavy atom. The Hall–Kier alpha value is -0.340. The monoisotopic (exact) mass is 486 g/mol. The zero-order chi connectivity index (χ0) is 26.2. The van der Waals surface area contributed by atoms with E-state index in [2.05, 4.69) is 69.2 Å². The van der Waals surface area contributed by atoms with Crippen LogP contribution in [0.1, 0.15) is 127 Å². The molecule has 0 aromatic heterocycles. The summed E-state index contributed by atoms with van der Waals surface area (Å²) in [5.74, 6) is 3.45. The van der Waals surface area contributed by atoms with Crippen molar-refractivity contribution in [2.24, 2.45) is 51.2 Å². The molecule has 1 N–H and O–H groups in total. The van der Waals surface area contributed by atoms with Crippen LogP contribution in [0.15, 0.2) is 11.1 Å². The second kappa shape index (κ2) is 8.86. The number of aliphatic hydroxyl groups excluding tert-OH is 1. The van der Waals surface area contributed by atoms with E-state index in [0.717, 1.165) is 18.3 Å². The van der Waals surface area contributed by atoms with Crippen molar-refractivity contribution in [1.29, 1.82) is 0 Å². The van der Waals surface area contributed by atoms with E-state index in [9.17, 15) is 5.11 Å². The molecule has 0 heterocycles. The molecule has 202 valence electrons. The van der Waals surface area contributed by atoms with Crippen molar-refractivity contribution in [3.63, 3.8) is 0 Å². The van der Waals surface area contributed by atoms with Crippen molar-refractivity contribution in [1.82, 2.24) is 0 Å². The van der Waals surface area contributed by atoms with Crippen LogP contribution in [0.2, 0.25) is 0 Å². The van der Waals surface area contributed by atoms with Crippen molar-refractivity contribution < 1.29 is 9.84 Å². The van der Waals surface area contributed by atoms with Crippen LogP contribution in [0.25, 0.3) is 0 Å². The van der Waals surface area contributed by atoms with Crippen LogP contribution in [0.5, 0.6) is 0 Å². The first-order valence-corrected chi connectivity index (χ1v) is 15.0. The fourth-order valence-corrected chi connectivity index (χ4v) is 10.2. The third-order valence-corrected chi connectivity index (χ3v) is 13.8. The maximum absolute atomic E-state index is 10.9. The molecule has 0 bridgehead atoms. The highest BCUT2D eigenvalue weighted by Gasteiger charge is 2.63. The summed E-state index contributed by atoms with van der Waals surface area (Å²) in [7, 11) is 1.87. The lowest BCUT2D eigenvalue weighted by molar-refractivity contribution is -0.0966. The predicted molar refractivity (Wildman–Crippen MR) is 148 cm³/mol. The average Bonchev–Trinajstić information content (AvgIpc) is 3.07. The molecule has 4 unspecified atom stereocenters. The molecule has 0 amide bonds. The fraction of sp³-hybridized carbons (Fsp3) is 0.939. The van der Waals surface area contributed by atoms with E-state index in [-0.39, 0.29) is 17.1 Å². The topological polar surface area (TPSA) is 29.5 Å². The molecule has 2 nitrogen and oxygen atoms in total. The molecule has 0 saturated heterocycles. The highest BCUT2D eigenvalue weighted by atomic mass is 16.5. The number of hydrogen-bond acceptors (Lipinski definition) is 2. The van der Waals surface area contributed by atoms with Gasteiger partial charge in [-0.3, -0.25) is 0 Å². The fourth-order valence-electron chi connectivity index (χ4n) is 10.2. The summed E-state index contributed by atoms with van der Waals surface area (Å²) in [6, 6.07) is 0. The number of fused-ring (bicyclic) bond motifs is 4. The van der Waals surface area contributed by atoms with Crippen LogP contribution in [0.3, 0.4) is 0 Å². The Morgan fingerprint density at radius 2 is 1.57 bits per heavy atom. The van der Waals surface area contributed by atoms with Gasteiger partial charge in [0.05, 0.1) is 11.7 Å². The molecule has 2 heteroatoms. The normalized spacial score (nSPS) is 43.7. The Morgan fingerprint density at radius 1 is 0.914 bits per heavy atom. The minimum atomic E-state index is -0.143. The lowest BCUT2D eigenvalue weighted by atomic mass is 9.43. The number of hydrogen-bond donors (Lipinski definition) is 1. The van der Waals surface area contributed by atoms with Crippen molar-refractivity contribution in [2.75, 3.05) is 7.11 Å². The molecule has 0 spiro atoms. The van der Waals surface area contributed by atoms with Gasteiger partial charge in [0, 0.05) is 7.11 Å². The summed E-state index contributed by atoms with van der Waals surface area (Å²) in [4.78, 5) is 0. The van der Waals surface area contributed by atoms with E-state index in [0.29, 0.717) is 34.0 Å². The second-order valence-corrected chi connectivity index (χ2v) is 15.5. The molecule has 4 aliphatic rings. The number of aliphatic hydroxyl groups is 1. The lowest BCUT2D eigenvalue weighted by Crippen LogP contribution is -2.55.